The van der Waals surface area contributed by atoms with E-state index in [2.05, 4.69) is 0 Å². The quantitative estimate of drug-likeness (QED) is 0.642. The Labute approximate surface area is 125 Å². The van der Waals surface area contributed by atoms with Crippen LogP contribution < -0.4 is 5.06 Å². The van der Waals surface area contributed by atoms with Crippen molar-refractivity contribution < 1.29 is 19.3 Å². The van der Waals surface area contributed by atoms with Crippen molar-refractivity contribution in [2.24, 2.45) is 0 Å². The van der Waals surface area contributed by atoms with Gasteiger partial charge in [0.1, 0.15) is 0 Å². The third kappa shape index (κ3) is 3.45. The van der Waals surface area contributed by atoms with Crippen LogP contribution in [-0.4, -0.2) is 16.8 Å². The molecule has 0 aliphatic heterocycles. The highest BCUT2D eigenvalue weighted by Gasteiger charge is 2.22. The van der Waals surface area contributed by atoms with E-state index in [1.807, 2.05) is 0 Å². The summed E-state index contributed by atoms with van der Waals surface area (Å²) in [7, 11) is 0. The van der Waals surface area contributed by atoms with Gasteiger partial charge in [-0.25, -0.2) is 4.79 Å². The van der Waals surface area contributed by atoms with Crippen molar-refractivity contribution >= 4 is 23.3 Å². The van der Waals surface area contributed by atoms with E-state index in [-0.39, 0.29) is 11.3 Å². The van der Waals surface area contributed by atoms with Crippen LogP contribution in [0.5, 0.6) is 0 Å². The number of rotatable bonds is 3. The molecule has 0 saturated heterocycles. The molecule has 2 rings (SSSR count). The van der Waals surface area contributed by atoms with Crippen molar-refractivity contribution in [2.45, 2.75) is 6.92 Å². The molecule has 0 bridgehead atoms. The van der Waals surface area contributed by atoms with E-state index in [1.165, 1.54) is 18.2 Å². The zero-order valence-electron chi connectivity index (χ0n) is 11.6. The molecule has 1 amide bonds. The summed E-state index contributed by atoms with van der Waals surface area (Å²) >= 11 is 0. The van der Waals surface area contributed by atoms with E-state index in [0.29, 0.717) is 5.69 Å². The summed E-state index contributed by atoms with van der Waals surface area (Å²) in [6.45, 7) is 1.16. The topological polar surface area (TPSA) is 89.8 Å². The number of hydrogen-bond donors (Lipinski definition) is 0. The number of non-ortho nitro benzene ring substituents is 1. The normalized spacial score (nSPS) is 9.86. The number of nitrogens with zero attached hydrogens (tertiary/aromatic N) is 2. The lowest BCUT2D eigenvalue weighted by molar-refractivity contribution is -0.384. The highest BCUT2D eigenvalue weighted by molar-refractivity contribution is 6.05. The monoisotopic (exact) mass is 300 g/mol. The Hall–Kier alpha value is -3.22. The number of amides is 1. The molecular weight excluding hydrogens is 288 g/mol. The largest absolute Gasteiger partial charge is 0.333 e. The molecule has 0 unspecified atom stereocenters. The summed E-state index contributed by atoms with van der Waals surface area (Å²) in [5, 5.41) is 11.6. The standard InChI is InChI=1S/C15H12N2O5/c1-11(18)22-16(13-7-3-2-4-8-13)15(19)12-6-5-9-14(10-12)17(20)21/h2-10H,1H3. The van der Waals surface area contributed by atoms with Crippen LogP contribution in [0.15, 0.2) is 54.6 Å². The van der Waals surface area contributed by atoms with E-state index in [4.69, 9.17) is 4.84 Å². The molecule has 0 saturated carbocycles. The Morgan fingerprint density at radius 3 is 2.36 bits per heavy atom. The van der Waals surface area contributed by atoms with Crippen LogP contribution in [0.3, 0.4) is 0 Å². The lowest BCUT2D eigenvalue weighted by Gasteiger charge is -2.20. The molecule has 0 atom stereocenters. The van der Waals surface area contributed by atoms with Gasteiger partial charge in [-0.15, -0.1) is 5.06 Å². The Bertz CT molecular complexity index is 715. The molecule has 2 aromatic rings. The van der Waals surface area contributed by atoms with E-state index < -0.39 is 16.8 Å². The van der Waals surface area contributed by atoms with Crippen LogP contribution in [0.25, 0.3) is 0 Å². The summed E-state index contributed by atoms with van der Waals surface area (Å²) < 4.78 is 0. The molecule has 22 heavy (non-hydrogen) atoms. The first-order valence-electron chi connectivity index (χ1n) is 6.31. The average Bonchev–Trinajstić information content (AvgIpc) is 2.52. The van der Waals surface area contributed by atoms with E-state index >= 15 is 0 Å². The van der Waals surface area contributed by atoms with Gasteiger partial charge in [-0.1, -0.05) is 24.3 Å². The summed E-state index contributed by atoms with van der Waals surface area (Å²) in [6, 6.07) is 13.5. The minimum absolute atomic E-state index is 0.0410. The smallest absolute Gasteiger partial charge is 0.330 e. The van der Waals surface area contributed by atoms with Crippen LogP contribution in [0.2, 0.25) is 0 Å². The summed E-state index contributed by atoms with van der Waals surface area (Å²) in [5.41, 5.74) is 0.162. The predicted molar refractivity (Wildman–Crippen MR) is 78.1 cm³/mol. The predicted octanol–water partition coefficient (Wildman–Crippen LogP) is 2.72. The number of nitro groups is 1. The van der Waals surface area contributed by atoms with Crippen molar-refractivity contribution in [3.05, 3.63) is 70.3 Å². The molecule has 0 heterocycles. The molecular formula is C15H12N2O5. The van der Waals surface area contributed by atoms with Crippen LogP contribution in [0.1, 0.15) is 17.3 Å². The molecule has 0 fully saturated rings. The molecule has 0 aromatic heterocycles. The summed E-state index contributed by atoms with van der Waals surface area (Å²) in [6.07, 6.45) is 0. The van der Waals surface area contributed by atoms with Gasteiger partial charge in [-0.05, 0) is 18.2 Å². The average molecular weight is 300 g/mol. The van der Waals surface area contributed by atoms with Crippen molar-refractivity contribution in [2.75, 3.05) is 5.06 Å². The van der Waals surface area contributed by atoms with Gasteiger partial charge >= 0.3 is 5.97 Å². The van der Waals surface area contributed by atoms with Crippen LogP contribution in [0.4, 0.5) is 11.4 Å². The third-order valence-electron chi connectivity index (χ3n) is 2.70. The number of anilines is 1. The van der Waals surface area contributed by atoms with Crippen molar-refractivity contribution in [1.82, 2.24) is 0 Å². The van der Waals surface area contributed by atoms with Crippen molar-refractivity contribution in [1.29, 1.82) is 0 Å². The summed E-state index contributed by atoms with van der Waals surface area (Å²) in [4.78, 5) is 38.8. The van der Waals surface area contributed by atoms with E-state index in [9.17, 15) is 19.7 Å². The number of carbonyl (C=O) groups is 2. The van der Waals surface area contributed by atoms with Gasteiger partial charge < -0.3 is 4.84 Å². The maximum atomic E-state index is 12.5. The fourth-order valence-corrected chi connectivity index (χ4v) is 1.77. The number of carbonyl (C=O) groups excluding carboxylic acids is 2. The molecule has 7 heteroatoms. The fraction of sp³-hybridized carbons (Fsp3) is 0.0667. The maximum absolute atomic E-state index is 12.5. The number of hydroxylamine groups is 1. The first kappa shape index (κ1) is 15.2. The second kappa shape index (κ2) is 6.49. The van der Waals surface area contributed by atoms with Gasteiger partial charge in [0.05, 0.1) is 10.6 Å². The van der Waals surface area contributed by atoms with Crippen molar-refractivity contribution in [3.63, 3.8) is 0 Å². The van der Waals surface area contributed by atoms with Gasteiger partial charge in [-0.3, -0.25) is 14.9 Å². The number of para-hydroxylation sites is 1. The second-order valence-electron chi connectivity index (χ2n) is 4.33. The highest BCUT2D eigenvalue weighted by Crippen LogP contribution is 2.20. The number of nitro benzene ring substituents is 1. The molecule has 112 valence electrons. The van der Waals surface area contributed by atoms with Gasteiger partial charge in [0.2, 0.25) is 0 Å². The lowest BCUT2D eigenvalue weighted by atomic mass is 10.2. The summed E-state index contributed by atoms with van der Waals surface area (Å²) in [5.74, 6) is -1.35. The third-order valence-corrected chi connectivity index (χ3v) is 2.70. The van der Waals surface area contributed by atoms with E-state index in [1.54, 1.807) is 30.3 Å². The zero-order valence-corrected chi connectivity index (χ0v) is 11.6. The second-order valence-corrected chi connectivity index (χ2v) is 4.33. The van der Waals surface area contributed by atoms with Crippen LogP contribution in [-0.2, 0) is 9.63 Å². The molecule has 7 nitrogen and oxygen atoms in total. The molecule has 0 N–H and O–H groups in total. The Morgan fingerprint density at radius 1 is 1.09 bits per heavy atom. The maximum Gasteiger partial charge on any atom is 0.330 e. The molecule has 0 spiro atoms. The lowest BCUT2D eigenvalue weighted by Crippen LogP contribution is -2.32. The highest BCUT2D eigenvalue weighted by atomic mass is 16.7. The minimum atomic E-state index is -0.678. The van der Waals surface area contributed by atoms with Gasteiger partial charge in [-0.2, -0.15) is 0 Å². The molecule has 0 radical (unpaired) electrons. The van der Waals surface area contributed by atoms with Crippen molar-refractivity contribution in [3.8, 4) is 0 Å². The minimum Gasteiger partial charge on any atom is -0.333 e. The Morgan fingerprint density at radius 2 is 1.77 bits per heavy atom. The number of hydrogen-bond acceptors (Lipinski definition) is 5. The fourth-order valence-electron chi connectivity index (χ4n) is 1.77. The molecule has 2 aromatic carbocycles. The first-order chi connectivity index (χ1) is 10.5. The van der Waals surface area contributed by atoms with Gasteiger partial charge in [0.25, 0.3) is 11.6 Å². The van der Waals surface area contributed by atoms with Gasteiger partial charge in [0, 0.05) is 24.6 Å². The van der Waals surface area contributed by atoms with E-state index in [0.717, 1.165) is 18.1 Å². The van der Waals surface area contributed by atoms with Crippen LogP contribution >= 0.6 is 0 Å². The molecule has 0 aliphatic rings. The Kier molecular flexibility index (Phi) is 4.47. The SMILES string of the molecule is CC(=O)ON(C(=O)c1cccc([N+](=O)[O-])c1)c1ccccc1. The zero-order chi connectivity index (χ0) is 16.1. The van der Waals surface area contributed by atoms with Crippen LogP contribution in [0, 0.1) is 10.1 Å². The number of benzene rings is 2. The molecule has 0 aliphatic carbocycles. The first-order valence-corrected chi connectivity index (χ1v) is 6.31. The Balaban J connectivity index is 2.39. The van der Waals surface area contributed by atoms with Gasteiger partial charge in [0.15, 0.2) is 0 Å².